The normalized spacial score (nSPS) is 32.3. The molecule has 0 radical (unpaired) electrons. The van der Waals surface area contributed by atoms with Gasteiger partial charge in [-0.2, -0.15) is 0 Å². The lowest BCUT2D eigenvalue weighted by atomic mass is 9.94. The molecule has 0 saturated carbocycles. The molecule has 1 unspecified atom stereocenters. The van der Waals surface area contributed by atoms with E-state index in [1.807, 2.05) is 0 Å². The van der Waals surface area contributed by atoms with Crippen molar-refractivity contribution in [1.29, 1.82) is 0 Å². The summed E-state index contributed by atoms with van der Waals surface area (Å²) in [5.74, 6) is 0.995. The summed E-state index contributed by atoms with van der Waals surface area (Å²) in [6.07, 6.45) is 8.53. The van der Waals surface area contributed by atoms with E-state index in [0.29, 0.717) is 0 Å². The van der Waals surface area contributed by atoms with E-state index in [0.717, 1.165) is 12.0 Å². The first kappa shape index (κ1) is 12.9. The smallest absolute Gasteiger partial charge is 0.0223 e. The maximum absolute atomic E-state index is 3.47. The monoisotopic (exact) mass is 251 g/mol. The molecule has 3 saturated heterocycles. The molecule has 0 spiro atoms. The lowest BCUT2D eigenvalue weighted by molar-refractivity contribution is 0.204. The summed E-state index contributed by atoms with van der Waals surface area (Å²) in [6, 6.07) is 0.889. The highest BCUT2D eigenvalue weighted by Gasteiger charge is 2.28. The average molecular weight is 251 g/mol. The van der Waals surface area contributed by atoms with E-state index in [1.165, 1.54) is 84.3 Å². The van der Waals surface area contributed by atoms with Crippen LogP contribution in [0.2, 0.25) is 0 Å². The maximum atomic E-state index is 3.47. The van der Waals surface area contributed by atoms with Crippen LogP contribution in [0, 0.1) is 5.92 Å². The Hall–Kier alpha value is -0.120. The molecule has 1 N–H and O–H groups in total. The van der Waals surface area contributed by atoms with Crippen molar-refractivity contribution in [1.82, 2.24) is 15.1 Å². The Morgan fingerprint density at radius 1 is 0.944 bits per heavy atom. The molecule has 0 aliphatic carbocycles. The number of nitrogens with one attached hydrogen (secondary N) is 1. The van der Waals surface area contributed by atoms with Crippen molar-refractivity contribution >= 4 is 0 Å². The van der Waals surface area contributed by atoms with Gasteiger partial charge in [-0.05, 0) is 83.7 Å². The molecule has 0 aromatic heterocycles. The van der Waals surface area contributed by atoms with E-state index in [9.17, 15) is 0 Å². The van der Waals surface area contributed by atoms with Crippen LogP contribution < -0.4 is 5.32 Å². The van der Waals surface area contributed by atoms with Gasteiger partial charge in [0.2, 0.25) is 0 Å². The van der Waals surface area contributed by atoms with E-state index < -0.39 is 0 Å². The van der Waals surface area contributed by atoms with E-state index in [2.05, 4.69) is 15.1 Å². The summed E-state index contributed by atoms with van der Waals surface area (Å²) in [4.78, 5) is 5.50. The zero-order valence-corrected chi connectivity index (χ0v) is 11.7. The van der Waals surface area contributed by atoms with Crippen LogP contribution in [0.4, 0.5) is 0 Å². The Bertz CT molecular complexity index is 250. The Morgan fingerprint density at radius 2 is 1.78 bits per heavy atom. The fraction of sp³-hybridized carbons (Fsp3) is 1.00. The third-order valence-electron chi connectivity index (χ3n) is 5.20. The summed E-state index contributed by atoms with van der Waals surface area (Å²) in [6.45, 7) is 9.28. The number of hydrogen-bond acceptors (Lipinski definition) is 3. The topological polar surface area (TPSA) is 18.5 Å². The van der Waals surface area contributed by atoms with Crippen LogP contribution in [0.1, 0.15) is 38.5 Å². The third kappa shape index (κ3) is 3.25. The molecule has 3 nitrogen and oxygen atoms in total. The molecule has 0 aromatic rings. The minimum atomic E-state index is 0.889. The molecule has 3 fully saturated rings. The zero-order chi connectivity index (χ0) is 12.2. The fourth-order valence-corrected chi connectivity index (χ4v) is 4.02. The van der Waals surface area contributed by atoms with Crippen LogP contribution in [-0.2, 0) is 0 Å². The quantitative estimate of drug-likeness (QED) is 0.821. The van der Waals surface area contributed by atoms with Gasteiger partial charge in [-0.25, -0.2) is 0 Å². The van der Waals surface area contributed by atoms with E-state index in [1.54, 1.807) is 0 Å². The van der Waals surface area contributed by atoms with Gasteiger partial charge in [-0.15, -0.1) is 0 Å². The van der Waals surface area contributed by atoms with Crippen LogP contribution in [0.25, 0.3) is 0 Å². The highest BCUT2D eigenvalue weighted by molar-refractivity contribution is 4.85. The molecule has 0 aromatic carbocycles. The van der Waals surface area contributed by atoms with Gasteiger partial charge < -0.3 is 10.2 Å². The molecule has 104 valence electrons. The molecule has 3 aliphatic heterocycles. The largest absolute Gasteiger partial charge is 0.317 e. The Balaban J connectivity index is 1.43. The van der Waals surface area contributed by atoms with Gasteiger partial charge in [0.1, 0.15) is 0 Å². The van der Waals surface area contributed by atoms with Crippen molar-refractivity contribution in [2.45, 2.75) is 44.6 Å². The molecule has 3 heterocycles. The van der Waals surface area contributed by atoms with Crippen molar-refractivity contribution in [2.24, 2.45) is 5.92 Å². The first-order valence-electron chi connectivity index (χ1n) is 8.09. The Morgan fingerprint density at radius 3 is 2.67 bits per heavy atom. The highest BCUT2D eigenvalue weighted by Crippen LogP contribution is 2.22. The van der Waals surface area contributed by atoms with Crippen molar-refractivity contribution in [3.8, 4) is 0 Å². The lowest BCUT2D eigenvalue weighted by Gasteiger charge is -2.28. The molecule has 0 amide bonds. The van der Waals surface area contributed by atoms with E-state index in [4.69, 9.17) is 0 Å². The minimum absolute atomic E-state index is 0.889. The van der Waals surface area contributed by atoms with Crippen molar-refractivity contribution in [3.63, 3.8) is 0 Å². The number of nitrogens with zero attached hydrogens (tertiary/aromatic N) is 2. The van der Waals surface area contributed by atoms with Crippen LogP contribution in [-0.4, -0.2) is 61.7 Å². The lowest BCUT2D eigenvalue weighted by Crippen LogP contribution is -2.38. The third-order valence-corrected chi connectivity index (χ3v) is 5.20. The number of fused-ring (bicyclic) bond motifs is 1. The predicted molar refractivity (Wildman–Crippen MR) is 75.9 cm³/mol. The first-order valence-corrected chi connectivity index (χ1v) is 8.09. The Kier molecular flexibility index (Phi) is 4.55. The van der Waals surface area contributed by atoms with Gasteiger partial charge in [-0.1, -0.05) is 0 Å². The van der Waals surface area contributed by atoms with Crippen molar-refractivity contribution < 1.29 is 0 Å². The van der Waals surface area contributed by atoms with Crippen LogP contribution in [0.5, 0.6) is 0 Å². The second kappa shape index (κ2) is 6.36. The summed E-state index contributed by atoms with van der Waals surface area (Å²) >= 11 is 0. The molecular formula is C15H29N3. The summed E-state index contributed by atoms with van der Waals surface area (Å²) in [5.41, 5.74) is 0. The number of rotatable bonds is 3. The molecule has 18 heavy (non-hydrogen) atoms. The van der Waals surface area contributed by atoms with E-state index >= 15 is 0 Å². The standard InChI is InChI=1S/C15H29N3/c1-3-15-13-17(9-2-11-18(15)10-1)12-6-14-4-7-16-8-5-14/h14-16H,1-13H2. The molecule has 0 bridgehead atoms. The van der Waals surface area contributed by atoms with E-state index in [-0.39, 0.29) is 0 Å². The van der Waals surface area contributed by atoms with Gasteiger partial charge >= 0.3 is 0 Å². The van der Waals surface area contributed by atoms with Crippen molar-refractivity contribution in [3.05, 3.63) is 0 Å². The van der Waals surface area contributed by atoms with Gasteiger partial charge in [0.05, 0.1) is 0 Å². The number of hydrogen-bond donors (Lipinski definition) is 1. The Labute approximate surface area is 112 Å². The van der Waals surface area contributed by atoms with Crippen LogP contribution in [0.3, 0.4) is 0 Å². The van der Waals surface area contributed by atoms with Crippen molar-refractivity contribution in [2.75, 3.05) is 45.8 Å². The maximum Gasteiger partial charge on any atom is 0.0223 e. The van der Waals surface area contributed by atoms with Gasteiger partial charge in [0.15, 0.2) is 0 Å². The zero-order valence-electron chi connectivity index (χ0n) is 11.7. The average Bonchev–Trinajstić information content (AvgIpc) is 2.76. The summed E-state index contributed by atoms with van der Waals surface area (Å²) < 4.78 is 0. The predicted octanol–water partition coefficient (Wildman–Crippen LogP) is 1.55. The van der Waals surface area contributed by atoms with Crippen LogP contribution >= 0.6 is 0 Å². The molecule has 3 aliphatic rings. The fourth-order valence-electron chi connectivity index (χ4n) is 4.02. The van der Waals surface area contributed by atoms with Crippen LogP contribution in [0.15, 0.2) is 0 Å². The second-order valence-corrected chi connectivity index (χ2v) is 6.47. The SMILES string of the molecule is C1CC2CN(CCC3CCNCC3)CCCN2C1. The highest BCUT2D eigenvalue weighted by atomic mass is 15.3. The number of piperidine rings is 1. The molecule has 3 heteroatoms. The van der Waals surface area contributed by atoms with Gasteiger partial charge in [0, 0.05) is 12.6 Å². The first-order chi connectivity index (χ1) is 8.92. The second-order valence-electron chi connectivity index (χ2n) is 6.47. The summed E-state index contributed by atoms with van der Waals surface area (Å²) in [7, 11) is 0. The van der Waals surface area contributed by atoms with Gasteiger partial charge in [-0.3, -0.25) is 4.90 Å². The molecule has 3 rings (SSSR count). The molecule has 1 atom stereocenters. The summed E-state index contributed by atoms with van der Waals surface area (Å²) in [5, 5.41) is 3.47. The van der Waals surface area contributed by atoms with Gasteiger partial charge in [0.25, 0.3) is 0 Å². The molecular weight excluding hydrogens is 222 g/mol. The minimum Gasteiger partial charge on any atom is -0.317 e.